The molecule has 3 aliphatic rings. The number of aromatic nitrogens is 2. The van der Waals surface area contributed by atoms with Gasteiger partial charge in [0.15, 0.2) is 0 Å². The Morgan fingerprint density at radius 2 is 1.84 bits per heavy atom. The minimum atomic E-state index is -0.218. The molecule has 3 heterocycles. The Balaban J connectivity index is 1.35. The molecule has 5 rings (SSSR count). The minimum absolute atomic E-state index is 0.0235. The predicted octanol–water partition coefficient (Wildman–Crippen LogP) is 1.08. The fourth-order valence-corrected chi connectivity index (χ4v) is 4.43. The molecule has 9 nitrogen and oxygen atoms in total. The standard InChI is InChI=1S/C23H26N4O5/c24-9-18-8-17(23(28)25-10-19-13-29-3-5-31-19)7-15-1-2-16-11-27(26-22(16)21(15)18)12-20-14-30-4-6-32-20/h7-8,11,19-20H,1-6,10,12-14H2,(H,25,28)/t19-,20+/m1/s1. The maximum absolute atomic E-state index is 12.7. The number of nitrogens with one attached hydrogen (secondary N) is 1. The Labute approximate surface area is 186 Å². The van der Waals surface area contributed by atoms with Crippen molar-refractivity contribution in [1.82, 2.24) is 15.1 Å². The molecule has 0 saturated carbocycles. The lowest BCUT2D eigenvalue weighted by atomic mass is 9.86. The largest absolute Gasteiger partial charge is 0.376 e. The first-order valence-corrected chi connectivity index (χ1v) is 11.0. The summed E-state index contributed by atoms with van der Waals surface area (Å²) in [6.07, 6.45) is 3.43. The summed E-state index contributed by atoms with van der Waals surface area (Å²) in [6, 6.07) is 5.80. The SMILES string of the molecule is N#Cc1cc(C(=O)NC[C@@H]2COCCO2)cc2c1-c1nn(C[C@H]3COCCO3)cc1CC2. The van der Waals surface area contributed by atoms with Gasteiger partial charge in [-0.3, -0.25) is 9.48 Å². The number of hydrogen-bond donors (Lipinski definition) is 1. The Bertz CT molecular complexity index is 1030. The van der Waals surface area contributed by atoms with Crippen LogP contribution < -0.4 is 5.32 Å². The molecule has 1 aliphatic carbocycles. The van der Waals surface area contributed by atoms with Gasteiger partial charge in [0.05, 0.1) is 69.6 Å². The normalized spacial score (nSPS) is 22.5. The highest BCUT2D eigenvalue weighted by atomic mass is 16.6. The van der Waals surface area contributed by atoms with Crippen molar-refractivity contribution in [2.75, 3.05) is 46.2 Å². The van der Waals surface area contributed by atoms with E-state index in [9.17, 15) is 10.1 Å². The number of nitrogens with zero attached hydrogens (tertiary/aromatic N) is 3. The molecule has 1 aromatic heterocycles. The topological polar surface area (TPSA) is 108 Å². The van der Waals surface area contributed by atoms with E-state index in [4.69, 9.17) is 24.0 Å². The van der Waals surface area contributed by atoms with E-state index < -0.39 is 0 Å². The third-order valence-corrected chi connectivity index (χ3v) is 5.99. The summed E-state index contributed by atoms with van der Waals surface area (Å²) in [4.78, 5) is 12.7. The molecule has 0 radical (unpaired) electrons. The van der Waals surface area contributed by atoms with Gasteiger partial charge in [-0.15, -0.1) is 0 Å². The minimum Gasteiger partial charge on any atom is -0.376 e. The van der Waals surface area contributed by atoms with Gasteiger partial charge >= 0.3 is 0 Å². The molecule has 2 atom stereocenters. The van der Waals surface area contributed by atoms with E-state index in [1.807, 2.05) is 16.9 Å². The number of nitriles is 1. The fourth-order valence-electron chi connectivity index (χ4n) is 4.43. The number of ether oxygens (including phenoxy) is 4. The van der Waals surface area contributed by atoms with Crippen LogP contribution >= 0.6 is 0 Å². The van der Waals surface area contributed by atoms with Crippen LogP contribution in [-0.2, 0) is 38.3 Å². The van der Waals surface area contributed by atoms with E-state index in [0.29, 0.717) is 63.9 Å². The van der Waals surface area contributed by atoms with Crippen molar-refractivity contribution in [2.45, 2.75) is 31.6 Å². The van der Waals surface area contributed by atoms with Crippen molar-refractivity contribution >= 4 is 5.91 Å². The summed E-state index contributed by atoms with van der Waals surface area (Å²) in [5, 5.41) is 17.5. The van der Waals surface area contributed by atoms with E-state index in [2.05, 4.69) is 11.4 Å². The van der Waals surface area contributed by atoms with Crippen LogP contribution in [0.1, 0.15) is 27.0 Å². The molecule has 9 heteroatoms. The number of hydrogen-bond acceptors (Lipinski definition) is 7. The molecule has 2 aliphatic heterocycles. The molecule has 2 fully saturated rings. The predicted molar refractivity (Wildman–Crippen MR) is 113 cm³/mol. The number of benzene rings is 1. The van der Waals surface area contributed by atoms with Crippen LogP contribution in [0.3, 0.4) is 0 Å². The summed E-state index contributed by atoms with van der Waals surface area (Å²) in [6.45, 7) is 4.35. The summed E-state index contributed by atoms with van der Waals surface area (Å²) < 4.78 is 24.0. The molecule has 1 aromatic carbocycles. The average molecular weight is 438 g/mol. The van der Waals surface area contributed by atoms with E-state index in [0.717, 1.165) is 35.2 Å². The van der Waals surface area contributed by atoms with Crippen molar-refractivity contribution < 1.29 is 23.7 Å². The Kier molecular flexibility index (Phi) is 6.19. The third kappa shape index (κ3) is 4.40. The van der Waals surface area contributed by atoms with Gasteiger partial charge in [-0.1, -0.05) is 0 Å². The lowest BCUT2D eigenvalue weighted by molar-refractivity contribution is -0.0946. The van der Waals surface area contributed by atoms with Crippen LogP contribution in [0.5, 0.6) is 0 Å². The summed E-state index contributed by atoms with van der Waals surface area (Å²) in [7, 11) is 0. The molecule has 1 amide bonds. The molecule has 0 bridgehead atoms. The Hall–Kier alpha value is -2.77. The zero-order valence-electron chi connectivity index (χ0n) is 17.8. The second-order valence-corrected chi connectivity index (χ2v) is 8.24. The van der Waals surface area contributed by atoms with E-state index >= 15 is 0 Å². The summed E-state index contributed by atoms with van der Waals surface area (Å²) in [5.74, 6) is -0.218. The third-order valence-electron chi connectivity index (χ3n) is 5.99. The molecule has 168 valence electrons. The smallest absolute Gasteiger partial charge is 0.251 e. The van der Waals surface area contributed by atoms with Crippen LogP contribution in [0.2, 0.25) is 0 Å². The number of carbonyl (C=O) groups is 1. The van der Waals surface area contributed by atoms with Gasteiger partial charge in [-0.25, -0.2) is 0 Å². The number of rotatable bonds is 5. The van der Waals surface area contributed by atoms with Crippen LogP contribution in [0, 0.1) is 11.3 Å². The van der Waals surface area contributed by atoms with Crippen LogP contribution in [0.25, 0.3) is 11.3 Å². The summed E-state index contributed by atoms with van der Waals surface area (Å²) >= 11 is 0. The van der Waals surface area contributed by atoms with Crippen LogP contribution in [0.15, 0.2) is 18.3 Å². The first-order valence-electron chi connectivity index (χ1n) is 11.0. The maximum atomic E-state index is 12.7. The van der Waals surface area contributed by atoms with Crippen LogP contribution in [-0.4, -0.2) is 74.1 Å². The second-order valence-electron chi connectivity index (χ2n) is 8.24. The monoisotopic (exact) mass is 438 g/mol. The van der Waals surface area contributed by atoms with E-state index in [1.54, 1.807) is 6.07 Å². The zero-order valence-corrected chi connectivity index (χ0v) is 17.8. The molecule has 0 unspecified atom stereocenters. The van der Waals surface area contributed by atoms with Gasteiger partial charge in [0.1, 0.15) is 6.10 Å². The molecular weight excluding hydrogens is 412 g/mol. The Morgan fingerprint density at radius 1 is 1.09 bits per heavy atom. The lowest BCUT2D eigenvalue weighted by Gasteiger charge is -2.23. The van der Waals surface area contributed by atoms with Crippen molar-refractivity contribution in [3.8, 4) is 17.3 Å². The molecule has 0 spiro atoms. The molecule has 1 N–H and O–H groups in total. The average Bonchev–Trinajstić information content (AvgIpc) is 3.25. The van der Waals surface area contributed by atoms with Gasteiger partial charge in [0, 0.05) is 23.9 Å². The van der Waals surface area contributed by atoms with Gasteiger partial charge in [-0.05, 0) is 36.1 Å². The van der Waals surface area contributed by atoms with Gasteiger partial charge < -0.3 is 24.3 Å². The fraction of sp³-hybridized carbons (Fsp3) is 0.522. The quantitative estimate of drug-likeness (QED) is 0.744. The van der Waals surface area contributed by atoms with Crippen molar-refractivity contribution in [1.29, 1.82) is 5.26 Å². The zero-order chi connectivity index (χ0) is 21.9. The molecule has 2 saturated heterocycles. The first-order chi connectivity index (χ1) is 15.7. The van der Waals surface area contributed by atoms with Crippen LogP contribution in [0.4, 0.5) is 0 Å². The van der Waals surface area contributed by atoms with E-state index in [-0.39, 0.29) is 18.1 Å². The Morgan fingerprint density at radius 3 is 2.56 bits per heavy atom. The van der Waals surface area contributed by atoms with Gasteiger partial charge in [-0.2, -0.15) is 10.4 Å². The lowest BCUT2D eigenvalue weighted by Crippen LogP contribution is -2.39. The summed E-state index contributed by atoms with van der Waals surface area (Å²) in [5.41, 5.74) is 4.67. The first kappa shape index (κ1) is 21.1. The number of fused-ring (bicyclic) bond motifs is 3. The van der Waals surface area contributed by atoms with Crippen molar-refractivity contribution in [3.63, 3.8) is 0 Å². The highest BCUT2D eigenvalue weighted by Crippen LogP contribution is 2.36. The van der Waals surface area contributed by atoms with Crippen molar-refractivity contribution in [3.05, 3.63) is 40.6 Å². The number of carbonyl (C=O) groups excluding carboxylic acids is 1. The highest BCUT2D eigenvalue weighted by molar-refractivity contribution is 5.96. The van der Waals surface area contributed by atoms with Gasteiger partial charge in [0.25, 0.3) is 5.91 Å². The number of amides is 1. The van der Waals surface area contributed by atoms with E-state index in [1.165, 1.54) is 0 Å². The molecule has 32 heavy (non-hydrogen) atoms. The van der Waals surface area contributed by atoms with Crippen molar-refractivity contribution in [2.24, 2.45) is 0 Å². The molecular formula is C23H26N4O5. The number of aryl methyl sites for hydroxylation is 2. The highest BCUT2D eigenvalue weighted by Gasteiger charge is 2.26. The molecule has 2 aromatic rings. The van der Waals surface area contributed by atoms with Gasteiger partial charge in [0.2, 0.25) is 0 Å². The maximum Gasteiger partial charge on any atom is 0.251 e. The second kappa shape index (κ2) is 9.38.